The van der Waals surface area contributed by atoms with Gasteiger partial charge in [0.2, 0.25) is 0 Å². The molecule has 1 unspecified atom stereocenters. The highest BCUT2D eigenvalue weighted by Gasteiger charge is 2.19. The van der Waals surface area contributed by atoms with E-state index in [1.807, 2.05) is 0 Å². The molecule has 0 aliphatic carbocycles. The molecule has 6 nitrogen and oxygen atoms in total. The molecule has 6 heteroatoms. The van der Waals surface area contributed by atoms with Crippen molar-refractivity contribution in [2.45, 2.75) is 290 Å². The molecule has 62 heavy (non-hydrogen) atoms. The van der Waals surface area contributed by atoms with Gasteiger partial charge in [-0.2, -0.15) is 0 Å². The highest BCUT2D eigenvalue weighted by molar-refractivity contribution is 5.71. The molecule has 0 heterocycles. The van der Waals surface area contributed by atoms with Gasteiger partial charge >= 0.3 is 17.9 Å². The number of allylic oxidation sites excluding steroid dienone is 6. The maximum Gasteiger partial charge on any atom is 0.306 e. The number of rotatable bonds is 49. The summed E-state index contributed by atoms with van der Waals surface area (Å²) in [6.45, 7) is 6.53. The lowest BCUT2D eigenvalue weighted by atomic mass is 10.0. The zero-order valence-electron chi connectivity index (χ0n) is 41.4. The van der Waals surface area contributed by atoms with Crippen molar-refractivity contribution in [1.29, 1.82) is 0 Å². The number of unbranched alkanes of at least 4 members (excludes halogenated alkanes) is 34. The summed E-state index contributed by atoms with van der Waals surface area (Å²) in [5.74, 6) is -0.870. The van der Waals surface area contributed by atoms with Crippen molar-refractivity contribution in [3.8, 4) is 0 Å². The van der Waals surface area contributed by atoms with E-state index in [-0.39, 0.29) is 31.1 Å². The van der Waals surface area contributed by atoms with Gasteiger partial charge in [0.25, 0.3) is 0 Å². The molecular weight excluding hydrogens is 769 g/mol. The first kappa shape index (κ1) is 59.6. The van der Waals surface area contributed by atoms with Crippen LogP contribution >= 0.6 is 0 Å². The lowest BCUT2D eigenvalue weighted by Crippen LogP contribution is -2.30. The highest BCUT2D eigenvalue weighted by Crippen LogP contribution is 2.16. The fourth-order valence-corrected chi connectivity index (χ4v) is 7.91. The van der Waals surface area contributed by atoms with Crippen molar-refractivity contribution in [1.82, 2.24) is 0 Å². The summed E-state index contributed by atoms with van der Waals surface area (Å²) in [6, 6.07) is 0. The van der Waals surface area contributed by atoms with E-state index in [2.05, 4.69) is 57.2 Å². The predicted octanol–water partition coefficient (Wildman–Crippen LogP) is 17.7. The Kier molecular flexibility index (Phi) is 49.3. The standard InChI is InChI=1S/C56H102O6/c1-4-7-10-13-16-19-22-25-27-28-30-31-34-37-40-43-46-49-55(58)61-52-53(51-60-54(57)48-45-42-39-36-33-24-21-18-15-12-9-6-3)62-56(59)50-47-44-41-38-35-32-29-26-23-20-17-14-11-8-5-2/h8,11,14,17,20,23,53H,4-7,9-10,12-13,15-16,18-19,21-22,24-52H2,1-3H3/b11-8-,17-14-,23-20-. The van der Waals surface area contributed by atoms with Crippen LogP contribution in [0.1, 0.15) is 284 Å². The molecule has 362 valence electrons. The van der Waals surface area contributed by atoms with E-state index >= 15 is 0 Å². The van der Waals surface area contributed by atoms with E-state index in [1.165, 1.54) is 173 Å². The maximum absolute atomic E-state index is 12.8. The molecule has 0 fully saturated rings. The molecule has 0 bridgehead atoms. The molecule has 0 saturated carbocycles. The zero-order valence-corrected chi connectivity index (χ0v) is 41.4. The molecule has 0 radical (unpaired) electrons. The quantitative estimate of drug-likeness (QED) is 0.0262. The van der Waals surface area contributed by atoms with Gasteiger partial charge in [0.05, 0.1) is 0 Å². The van der Waals surface area contributed by atoms with Crippen LogP contribution in [0.3, 0.4) is 0 Å². The molecule has 1 atom stereocenters. The van der Waals surface area contributed by atoms with Gasteiger partial charge in [-0.05, 0) is 38.5 Å². The van der Waals surface area contributed by atoms with Crippen molar-refractivity contribution >= 4 is 17.9 Å². The summed E-state index contributed by atoms with van der Waals surface area (Å²) in [6.07, 6.45) is 59.8. The normalized spacial score (nSPS) is 12.2. The van der Waals surface area contributed by atoms with E-state index in [1.54, 1.807) is 0 Å². The first-order valence-corrected chi connectivity index (χ1v) is 27.0. The third kappa shape index (κ3) is 48.7. The maximum atomic E-state index is 12.8. The van der Waals surface area contributed by atoms with Crippen LogP contribution in [0.5, 0.6) is 0 Å². The smallest absolute Gasteiger partial charge is 0.306 e. The zero-order chi connectivity index (χ0) is 45.1. The molecule has 0 saturated heterocycles. The second-order valence-electron chi connectivity index (χ2n) is 18.2. The summed E-state index contributed by atoms with van der Waals surface area (Å²) in [7, 11) is 0. The van der Waals surface area contributed by atoms with Gasteiger partial charge in [-0.1, -0.05) is 263 Å². The Hall–Kier alpha value is -2.37. The van der Waals surface area contributed by atoms with E-state index < -0.39 is 6.10 Å². The molecule has 0 aliphatic rings. The Balaban J connectivity index is 4.33. The number of esters is 3. The minimum atomic E-state index is -0.773. The van der Waals surface area contributed by atoms with E-state index in [9.17, 15) is 14.4 Å². The summed E-state index contributed by atoms with van der Waals surface area (Å²) in [5.41, 5.74) is 0. The van der Waals surface area contributed by atoms with Gasteiger partial charge in [-0.25, -0.2) is 0 Å². The summed E-state index contributed by atoms with van der Waals surface area (Å²) in [4.78, 5) is 38.0. The molecule has 0 aromatic heterocycles. The first-order valence-electron chi connectivity index (χ1n) is 27.0. The van der Waals surface area contributed by atoms with Crippen LogP contribution in [0.2, 0.25) is 0 Å². The van der Waals surface area contributed by atoms with Gasteiger partial charge in [0.1, 0.15) is 13.2 Å². The van der Waals surface area contributed by atoms with Crippen molar-refractivity contribution < 1.29 is 28.6 Å². The first-order chi connectivity index (χ1) is 30.5. The lowest BCUT2D eigenvalue weighted by molar-refractivity contribution is -0.167. The largest absolute Gasteiger partial charge is 0.462 e. The lowest BCUT2D eigenvalue weighted by Gasteiger charge is -2.18. The molecule has 0 N–H and O–H groups in total. The van der Waals surface area contributed by atoms with Crippen molar-refractivity contribution in [3.05, 3.63) is 36.5 Å². The molecule has 0 amide bonds. The van der Waals surface area contributed by atoms with Gasteiger partial charge in [-0.15, -0.1) is 0 Å². The summed E-state index contributed by atoms with van der Waals surface area (Å²) < 4.78 is 16.8. The topological polar surface area (TPSA) is 78.9 Å². The molecule has 0 aliphatic heterocycles. The molecule has 0 spiro atoms. The summed E-state index contributed by atoms with van der Waals surface area (Å²) >= 11 is 0. The Morgan fingerprint density at radius 2 is 0.629 bits per heavy atom. The average molecular weight is 871 g/mol. The van der Waals surface area contributed by atoms with Crippen LogP contribution in [0.4, 0.5) is 0 Å². The SMILES string of the molecule is CC\C=C/C=C\C=C/CCCCCCCCCC(=O)OC(COC(=O)CCCCCCCCCCCCCC)COC(=O)CCCCCCCCCCCCCCCCCCC. The van der Waals surface area contributed by atoms with Gasteiger partial charge in [-0.3, -0.25) is 14.4 Å². The number of carbonyl (C=O) groups excluding carboxylic acids is 3. The molecule has 0 aromatic rings. The van der Waals surface area contributed by atoms with Crippen molar-refractivity contribution in [3.63, 3.8) is 0 Å². The Morgan fingerprint density at radius 3 is 0.968 bits per heavy atom. The Bertz CT molecular complexity index is 1050. The van der Waals surface area contributed by atoms with Crippen LogP contribution < -0.4 is 0 Å². The van der Waals surface area contributed by atoms with Gasteiger partial charge in [0.15, 0.2) is 6.10 Å². The Labute approximate surface area is 385 Å². The van der Waals surface area contributed by atoms with Crippen LogP contribution in [0.25, 0.3) is 0 Å². The van der Waals surface area contributed by atoms with Crippen LogP contribution in [0.15, 0.2) is 36.5 Å². The molecule has 0 rings (SSSR count). The predicted molar refractivity (Wildman–Crippen MR) is 266 cm³/mol. The summed E-state index contributed by atoms with van der Waals surface area (Å²) in [5, 5.41) is 0. The number of carbonyl (C=O) groups is 3. The second kappa shape index (κ2) is 51.3. The third-order valence-electron chi connectivity index (χ3n) is 12.0. The third-order valence-corrected chi connectivity index (χ3v) is 12.0. The highest BCUT2D eigenvalue weighted by atomic mass is 16.6. The fourth-order valence-electron chi connectivity index (χ4n) is 7.91. The minimum Gasteiger partial charge on any atom is -0.462 e. The van der Waals surface area contributed by atoms with E-state index in [0.717, 1.165) is 70.6 Å². The van der Waals surface area contributed by atoms with Crippen molar-refractivity contribution in [2.75, 3.05) is 13.2 Å². The van der Waals surface area contributed by atoms with Gasteiger partial charge < -0.3 is 14.2 Å². The minimum absolute atomic E-state index is 0.0726. The number of ether oxygens (including phenoxy) is 3. The van der Waals surface area contributed by atoms with Crippen LogP contribution in [-0.2, 0) is 28.6 Å². The van der Waals surface area contributed by atoms with Crippen LogP contribution in [-0.4, -0.2) is 37.2 Å². The monoisotopic (exact) mass is 871 g/mol. The van der Waals surface area contributed by atoms with E-state index in [4.69, 9.17) is 14.2 Å². The molecular formula is C56H102O6. The van der Waals surface area contributed by atoms with Crippen molar-refractivity contribution in [2.24, 2.45) is 0 Å². The number of hydrogen-bond donors (Lipinski definition) is 0. The fraction of sp³-hybridized carbons (Fsp3) is 0.839. The number of hydrogen-bond acceptors (Lipinski definition) is 6. The Morgan fingerprint density at radius 1 is 0.339 bits per heavy atom. The van der Waals surface area contributed by atoms with E-state index in [0.29, 0.717) is 19.3 Å². The van der Waals surface area contributed by atoms with Crippen LogP contribution in [0, 0.1) is 0 Å². The second-order valence-corrected chi connectivity index (χ2v) is 18.2. The average Bonchev–Trinajstić information content (AvgIpc) is 3.27. The molecule has 0 aromatic carbocycles. The van der Waals surface area contributed by atoms with Gasteiger partial charge in [0, 0.05) is 19.3 Å².